The molecule has 0 aromatic rings. The minimum Gasteiger partial charge on any atom is -0.208 e. The Hall–Kier alpha value is -0.590. The quantitative estimate of drug-likeness (QED) is 0.428. The molecule has 0 N–H and O–H groups in total. The fourth-order valence-electron chi connectivity index (χ4n) is 0.181. The Morgan fingerprint density at radius 3 is 2.33 bits per heavy atom. The van der Waals surface area contributed by atoms with Crippen LogP contribution in [-0.2, 0) is 0 Å². The van der Waals surface area contributed by atoms with E-state index in [-0.39, 0.29) is 0 Å². The van der Waals surface area contributed by atoms with Gasteiger partial charge in [0.2, 0.25) is 0 Å². The van der Waals surface area contributed by atoms with Crippen molar-refractivity contribution >= 4 is 0 Å². The van der Waals surface area contributed by atoms with E-state index in [0.29, 0.717) is 0 Å². The van der Waals surface area contributed by atoms with E-state index in [1.54, 1.807) is 13.0 Å². The molecule has 1 heteroatoms. The molecule has 0 fully saturated rings. The van der Waals surface area contributed by atoms with Crippen molar-refractivity contribution in [2.75, 3.05) is 0 Å². The first-order valence-electron chi connectivity index (χ1n) is 1.74. The summed E-state index contributed by atoms with van der Waals surface area (Å²) in [6.45, 7) is 4.73. The SMILES string of the molecule is C=C(F)/C=C/C. The second-order valence-corrected chi connectivity index (χ2v) is 0.947. The number of rotatable bonds is 1. The van der Waals surface area contributed by atoms with Gasteiger partial charge in [0, 0.05) is 0 Å². The molecule has 0 aromatic carbocycles. The lowest BCUT2D eigenvalue weighted by molar-refractivity contribution is 0.671. The van der Waals surface area contributed by atoms with Crippen molar-refractivity contribution in [2.45, 2.75) is 6.92 Å². The van der Waals surface area contributed by atoms with Gasteiger partial charge in [-0.05, 0) is 13.0 Å². The standard InChI is InChI=1S/C5H7F/c1-3-4-5(2)6/h3-4H,2H2,1H3/b4-3+. The Morgan fingerprint density at radius 1 is 1.83 bits per heavy atom. The van der Waals surface area contributed by atoms with Gasteiger partial charge < -0.3 is 0 Å². The molecule has 0 aliphatic rings. The predicted molar refractivity (Wildman–Crippen MR) is 25.1 cm³/mol. The van der Waals surface area contributed by atoms with Crippen LogP contribution in [0, 0.1) is 0 Å². The predicted octanol–water partition coefficient (Wildman–Crippen LogP) is 2.05. The van der Waals surface area contributed by atoms with Crippen molar-refractivity contribution < 1.29 is 4.39 Å². The summed E-state index contributed by atoms with van der Waals surface area (Å²) in [6, 6.07) is 0. The van der Waals surface area contributed by atoms with Gasteiger partial charge in [0.05, 0.1) is 0 Å². The van der Waals surface area contributed by atoms with E-state index in [2.05, 4.69) is 6.58 Å². The molecule has 0 heterocycles. The smallest absolute Gasteiger partial charge is 0.115 e. The van der Waals surface area contributed by atoms with Crippen molar-refractivity contribution in [1.29, 1.82) is 0 Å². The third kappa shape index (κ3) is 3.41. The third-order valence-electron chi connectivity index (χ3n) is 0.348. The first-order valence-corrected chi connectivity index (χ1v) is 1.74. The first kappa shape index (κ1) is 5.41. The Bertz CT molecular complexity index is 72.0. The Labute approximate surface area is 37.0 Å². The van der Waals surface area contributed by atoms with Crippen LogP contribution in [0.2, 0.25) is 0 Å². The molecule has 6 heavy (non-hydrogen) atoms. The molecule has 0 nitrogen and oxygen atoms in total. The average molecular weight is 86.1 g/mol. The second kappa shape index (κ2) is 2.64. The van der Waals surface area contributed by atoms with E-state index in [0.717, 1.165) is 0 Å². The largest absolute Gasteiger partial charge is 0.208 e. The third-order valence-corrected chi connectivity index (χ3v) is 0.348. The van der Waals surface area contributed by atoms with Crippen LogP contribution in [-0.4, -0.2) is 0 Å². The molecule has 0 spiro atoms. The van der Waals surface area contributed by atoms with E-state index >= 15 is 0 Å². The topological polar surface area (TPSA) is 0 Å². The van der Waals surface area contributed by atoms with Gasteiger partial charge in [-0.25, -0.2) is 4.39 Å². The number of allylic oxidation sites excluding steroid dienone is 3. The second-order valence-electron chi connectivity index (χ2n) is 0.947. The van der Waals surface area contributed by atoms with Crippen molar-refractivity contribution in [2.24, 2.45) is 0 Å². The van der Waals surface area contributed by atoms with E-state index < -0.39 is 5.83 Å². The van der Waals surface area contributed by atoms with Crippen LogP contribution in [0.3, 0.4) is 0 Å². The summed E-state index contributed by atoms with van der Waals surface area (Å²) in [6.07, 6.45) is 2.91. The van der Waals surface area contributed by atoms with Crippen LogP contribution < -0.4 is 0 Å². The molecule has 0 saturated heterocycles. The lowest BCUT2D eigenvalue weighted by atomic mass is 10.5. The number of hydrogen-bond acceptors (Lipinski definition) is 0. The van der Waals surface area contributed by atoms with Gasteiger partial charge >= 0.3 is 0 Å². The van der Waals surface area contributed by atoms with Gasteiger partial charge in [-0.1, -0.05) is 12.7 Å². The maximum absolute atomic E-state index is 11.4. The highest BCUT2D eigenvalue weighted by Gasteiger charge is 1.69. The van der Waals surface area contributed by atoms with E-state index in [9.17, 15) is 4.39 Å². The molecule has 0 aliphatic heterocycles. The summed E-state index contributed by atoms with van der Waals surface area (Å²) in [7, 11) is 0. The van der Waals surface area contributed by atoms with Crippen LogP contribution in [0.4, 0.5) is 4.39 Å². The summed E-state index contributed by atoms with van der Waals surface area (Å²) in [5.74, 6) is -0.391. The molecule has 0 bridgehead atoms. The normalized spacial score (nSPS) is 9.67. The monoisotopic (exact) mass is 86.1 g/mol. The van der Waals surface area contributed by atoms with Crippen LogP contribution in [0.1, 0.15) is 6.92 Å². The molecule has 0 saturated carbocycles. The fourth-order valence-corrected chi connectivity index (χ4v) is 0.181. The Balaban J connectivity index is 3.30. The Kier molecular flexibility index (Phi) is 2.38. The van der Waals surface area contributed by atoms with Crippen LogP contribution >= 0.6 is 0 Å². The maximum Gasteiger partial charge on any atom is 0.115 e. The minimum atomic E-state index is -0.391. The van der Waals surface area contributed by atoms with Gasteiger partial charge in [0.1, 0.15) is 5.83 Å². The zero-order chi connectivity index (χ0) is 4.99. The molecular weight excluding hydrogens is 79.1 g/mol. The van der Waals surface area contributed by atoms with E-state index in [4.69, 9.17) is 0 Å². The zero-order valence-electron chi connectivity index (χ0n) is 3.74. The molecule has 0 unspecified atom stereocenters. The van der Waals surface area contributed by atoms with Gasteiger partial charge in [0.25, 0.3) is 0 Å². The summed E-state index contributed by atoms with van der Waals surface area (Å²) in [5, 5.41) is 0. The van der Waals surface area contributed by atoms with Gasteiger partial charge in [-0.3, -0.25) is 0 Å². The first-order chi connectivity index (χ1) is 2.77. The summed E-state index contributed by atoms with van der Waals surface area (Å²) >= 11 is 0. The van der Waals surface area contributed by atoms with Gasteiger partial charge in [-0.2, -0.15) is 0 Å². The highest BCUT2D eigenvalue weighted by molar-refractivity contribution is 5.03. The minimum absolute atomic E-state index is 0.391. The van der Waals surface area contributed by atoms with Gasteiger partial charge in [-0.15, -0.1) is 0 Å². The summed E-state index contributed by atoms with van der Waals surface area (Å²) < 4.78 is 11.4. The van der Waals surface area contributed by atoms with Gasteiger partial charge in [0.15, 0.2) is 0 Å². The molecule has 0 rings (SSSR count). The summed E-state index contributed by atoms with van der Waals surface area (Å²) in [4.78, 5) is 0. The van der Waals surface area contributed by atoms with Crippen LogP contribution in [0.15, 0.2) is 24.6 Å². The van der Waals surface area contributed by atoms with Crippen molar-refractivity contribution in [3.05, 3.63) is 24.6 Å². The summed E-state index contributed by atoms with van der Waals surface area (Å²) in [5.41, 5.74) is 0. The molecule has 0 amide bonds. The van der Waals surface area contributed by atoms with Crippen molar-refractivity contribution in [3.8, 4) is 0 Å². The molecule has 0 atom stereocenters. The van der Waals surface area contributed by atoms with E-state index in [1.807, 2.05) is 0 Å². The molecule has 34 valence electrons. The number of hydrogen-bond donors (Lipinski definition) is 0. The highest BCUT2D eigenvalue weighted by atomic mass is 19.1. The lowest BCUT2D eigenvalue weighted by Gasteiger charge is -1.70. The van der Waals surface area contributed by atoms with Crippen LogP contribution in [0.25, 0.3) is 0 Å². The van der Waals surface area contributed by atoms with Crippen molar-refractivity contribution in [3.63, 3.8) is 0 Å². The molecular formula is C5H7F. The average Bonchev–Trinajstić information content (AvgIpc) is 1.35. The molecule has 0 aliphatic carbocycles. The van der Waals surface area contributed by atoms with Crippen molar-refractivity contribution in [1.82, 2.24) is 0 Å². The molecule has 0 aromatic heterocycles. The van der Waals surface area contributed by atoms with E-state index in [1.165, 1.54) is 6.08 Å². The number of halogens is 1. The lowest BCUT2D eigenvalue weighted by Crippen LogP contribution is -1.51. The van der Waals surface area contributed by atoms with Crippen LogP contribution in [0.5, 0.6) is 0 Å². The molecule has 0 radical (unpaired) electrons. The maximum atomic E-state index is 11.4. The highest BCUT2D eigenvalue weighted by Crippen LogP contribution is 1.89. The zero-order valence-corrected chi connectivity index (χ0v) is 3.74. The fraction of sp³-hybridized carbons (Fsp3) is 0.200. The Morgan fingerprint density at radius 2 is 2.33 bits per heavy atom.